The van der Waals surface area contributed by atoms with Crippen molar-refractivity contribution in [2.45, 2.75) is 25.7 Å². The Morgan fingerprint density at radius 1 is 0.964 bits per heavy atom. The van der Waals surface area contributed by atoms with Gasteiger partial charge in [-0.3, -0.25) is 9.59 Å². The van der Waals surface area contributed by atoms with Crippen molar-refractivity contribution in [2.75, 3.05) is 32.6 Å². The molecule has 1 aliphatic heterocycles. The van der Waals surface area contributed by atoms with Crippen molar-refractivity contribution in [1.29, 1.82) is 0 Å². The van der Waals surface area contributed by atoms with Crippen molar-refractivity contribution in [2.24, 2.45) is 0 Å². The molecule has 0 atom stereocenters. The van der Waals surface area contributed by atoms with Crippen molar-refractivity contribution in [3.05, 3.63) is 47.8 Å². The zero-order chi connectivity index (χ0) is 19.9. The molecule has 0 unspecified atom stereocenters. The van der Waals surface area contributed by atoms with Gasteiger partial charge < -0.3 is 19.7 Å². The molecule has 28 heavy (non-hydrogen) atoms. The zero-order valence-corrected chi connectivity index (χ0v) is 16.2. The Kier molecular flexibility index (Phi) is 6.47. The van der Waals surface area contributed by atoms with Gasteiger partial charge in [-0.15, -0.1) is 0 Å². The first-order chi connectivity index (χ1) is 13.6. The fraction of sp³-hybridized carbons (Fsp3) is 0.381. The Morgan fingerprint density at radius 2 is 1.68 bits per heavy atom. The molecule has 3 rings (SSSR count). The molecule has 2 heterocycles. The van der Waals surface area contributed by atoms with E-state index in [2.05, 4.69) is 10.3 Å². The molecule has 1 aromatic carbocycles. The first-order valence-electron chi connectivity index (χ1n) is 9.42. The molecule has 1 aliphatic rings. The summed E-state index contributed by atoms with van der Waals surface area (Å²) in [5.74, 6) is 0.549. The second kappa shape index (κ2) is 9.21. The summed E-state index contributed by atoms with van der Waals surface area (Å²) in [6.07, 6.45) is 4.28. The quantitative estimate of drug-likeness (QED) is 0.856. The molecule has 148 valence electrons. The SMILES string of the molecule is COc1ccc(OC)c(NC(=O)c2cccc(C(=O)N3CCCCCC3)n2)c1. The van der Waals surface area contributed by atoms with Crippen LogP contribution in [0.5, 0.6) is 11.5 Å². The Morgan fingerprint density at radius 3 is 2.36 bits per heavy atom. The molecule has 0 spiro atoms. The lowest BCUT2D eigenvalue weighted by molar-refractivity contribution is 0.0755. The summed E-state index contributed by atoms with van der Waals surface area (Å²) in [5.41, 5.74) is 0.926. The number of rotatable bonds is 5. The van der Waals surface area contributed by atoms with Gasteiger partial charge >= 0.3 is 0 Å². The highest BCUT2D eigenvalue weighted by Gasteiger charge is 2.20. The van der Waals surface area contributed by atoms with E-state index in [9.17, 15) is 9.59 Å². The van der Waals surface area contributed by atoms with Crippen LogP contribution in [0.2, 0.25) is 0 Å². The van der Waals surface area contributed by atoms with Crippen molar-refractivity contribution >= 4 is 17.5 Å². The molecule has 7 nitrogen and oxygen atoms in total. The van der Waals surface area contributed by atoms with Crippen LogP contribution in [0, 0.1) is 0 Å². The largest absolute Gasteiger partial charge is 0.497 e. The molecule has 2 aromatic rings. The fourth-order valence-electron chi connectivity index (χ4n) is 3.21. The van der Waals surface area contributed by atoms with E-state index in [4.69, 9.17) is 9.47 Å². The Bertz CT molecular complexity index is 845. The third kappa shape index (κ3) is 4.60. The number of hydrogen-bond acceptors (Lipinski definition) is 5. The van der Waals surface area contributed by atoms with Gasteiger partial charge in [-0.25, -0.2) is 4.98 Å². The topological polar surface area (TPSA) is 80.8 Å². The molecule has 2 amide bonds. The lowest BCUT2D eigenvalue weighted by Gasteiger charge is -2.20. The van der Waals surface area contributed by atoms with Gasteiger partial charge in [-0.2, -0.15) is 0 Å². The maximum atomic E-state index is 12.8. The number of hydrogen-bond donors (Lipinski definition) is 1. The summed E-state index contributed by atoms with van der Waals surface area (Å²) < 4.78 is 10.5. The lowest BCUT2D eigenvalue weighted by atomic mass is 10.2. The highest BCUT2D eigenvalue weighted by atomic mass is 16.5. The Hall–Kier alpha value is -3.09. The monoisotopic (exact) mass is 383 g/mol. The molecule has 1 aromatic heterocycles. The second-order valence-corrected chi connectivity index (χ2v) is 6.63. The van der Waals surface area contributed by atoms with E-state index in [0.717, 1.165) is 38.8 Å². The third-order valence-corrected chi connectivity index (χ3v) is 4.75. The number of nitrogens with zero attached hydrogens (tertiary/aromatic N) is 2. The predicted octanol–water partition coefficient (Wildman–Crippen LogP) is 3.37. The van der Waals surface area contributed by atoms with E-state index in [1.807, 2.05) is 4.90 Å². The average molecular weight is 383 g/mol. The molecule has 1 N–H and O–H groups in total. The molecule has 7 heteroatoms. The molecule has 1 fully saturated rings. The first kappa shape index (κ1) is 19.7. The van der Waals surface area contributed by atoms with Gasteiger partial charge in [0, 0.05) is 19.2 Å². The maximum absolute atomic E-state index is 12.8. The van der Waals surface area contributed by atoms with Crippen LogP contribution in [0.25, 0.3) is 0 Å². The van der Waals surface area contributed by atoms with Crippen LogP contribution in [-0.2, 0) is 0 Å². The predicted molar refractivity (Wildman–Crippen MR) is 106 cm³/mol. The lowest BCUT2D eigenvalue weighted by Crippen LogP contribution is -2.32. The van der Waals surface area contributed by atoms with Gasteiger partial charge in [-0.1, -0.05) is 18.9 Å². The second-order valence-electron chi connectivity index (χ2n) is 6.63. The summed E-state index contributed by atoms with van der Waals surface area (Å²) in [6.45, 7) is 1.47. The number of carbonyl (C=O) groups is 2. The van der Waals surface area contributed by atoms with Crippen molar-refractivity contribution in [1.82, 2.24) is 9.88 Å². The summed E-state index contributed by atoms with van der Waals surface area (Å²) in [4.78, 5) is 31.6. The smallest absolute Gasteiger partial charge is 0.274 e. The Labute approximate surface area is 164 Å². The van der Waals surface area contributed by atoms with Gasteiger partial charge in [0.25, 0.3) is 11.8 Å². The van der Waals surface area contributed by atoms with Crippen LogP contribution in [0.1, 0.15) is 46.7 Å². The minimum atomic E-state index is -0.419. The number of nitrogens with one attached hydrogen (secondary N) is 1. The van der Waals surface area contributed by atoms with Gasteiger partial charge in [0.15, 0.2) is 0 Å². The van der Waals surface area contributed by atoms with Crippen molar-refractivity contribution in [3.8, 4) is 11.5 Å². The van der Waals surface area contributed by atoms with E-state index in [1.54, 1.807) is 43.5 Å². The van der Waals surface area contributed by atoms with Gasteiger partial charge in [0.05, 0.1) is 19.9 Å². The number of anilines is 1. The van der Waals surface area contributed by atoms with Gasteiger partial charge in [0.2, 0.25) is 0 Å². The molecule has 0 aliphatic carbocycles. The minimum absolute atomic E-state index is 0.129. The number of methoxy groups -OCH3 is 2. The number of likely N-dealkylation sites (tertiary alicyclic amines) is 1. The number of carbonyl (C=O) groups excluding carboxylic acids is 2. The molecular formula is C21H25N3O4. The number of pyridine rings is 1. The van der Waals surface area contributed by atoms with Crippen molar-refractivity contribution < 1.29 is 19.1 Å². The molecule has 1 saturated heterocycles. The Balaban J connectivity index is 1.78. The van der Waals surface area contributed by atoms with E-state index in [1.165, 1.54) is 7.11 Å². The standard InChI is InChI=1S/C21H25N3O4/c1-27-15-10-11-19(28-2)18(14-15)23-20(25)16-8-7-9-17(22-16)21(26)24-12-5-3-4-6-13-24/h7-11,14H,3-6,12-13H2,1-2H3,(H,23,25). The van der Waals surface area contributed by atoms with Crippen LogP contribution >= 0.6 is 0 Å². The third-order valence-electron chi connectivity index (χ3n) is 4.75. The van der Waals surface area contributed by atoms with E-state index < -0.39 is 5.91 Å². The first-order valence-corrected chi connectivity index (χ1v) is 9.42. The number of amides is 2. The van der Waals surface area contributed by atoms with Crippen LogP contribution in [0.4, 0.5) is 5.69 Å². The fourth-order valence-corrected chi connectivity index (χ4v) is 3.21. The van der Waals surface area contributed by atoms with Crippen LogP contribution in [-0.4, -0.2) is 49.0 Å². The van der Waals surface area contributed by atoms with Crippen LogP contribution < -0.4 is 14.8 Å². The summed E-state index contributed by atoms with van der Waals surface area (Å²) in [7, 11) is 3.07. The zero-order valence-electron chi connectivity index (χ0n) is 16.2. The van der Waals surface area contributed by atoms with Gasteiger partial charge in [0.1, 0.15) is 22.9 Å². The normalized spacial score (nSPS) is 14.1. The van der Waals surface area contributed by atoms with Gasteiger partial charge in [-0.05, 0) is 37.1 Å². The average Bonchev–Trinajstić information content (AvgIpc) is 3.02. The minimum Gasteiger partial charge on any atom is -0.497 e. The summed E-state index contributed by atoms with van der Waals surface area (Å²) in [5, 5.41) is 2.78. The number of aromatic nitrogens is 1. The summed E-state index contributed by atoms with van der Waals surface area (Å²) in [6, 6.07) is 10.0. The van der Waals surface area contributed by atoms with E-state index >= 15 is 0 Å². The highest BCUT2D eigenvalue weighted by Crippen LogP contribution is 2.29. The molecule has 0 saturated carbocycles. The molecular weight excluding hydrogens is 358 g/mol. The van der Waals surface area contributed by atoms with Crippen LogP contribution in [0.3, 0.4) is 0 Å². The molecule has 0 radical (unpaired) electrons. The summed E-state index contributed by atoms with van der Waals surface area (Å²) >= 11 is 0. The maximum Gasteiger partial charge on any atom is 0.274 e. The number of ether oxygens (including phenoxy) is 2. The molecule has 0 bridgehead atoms. The highest BCUT2D eigenvalue weighted by molar-refractivity contribution is 6.04. The van der Waals surface area contributed by atoms with Crippen LogP contribution in [0.15, 0.2) is 36.4 Å². The number of benzene rings is 1. The van der Waals surface area contributed by atoms with Crippen molar-refractivity contribution in [3.63, 3.8) is 0 Å². The van der Waals surface area contributed by atoms with E-state index in [0.29, 0.717) is 17.2 Å². The van der Waals surface area contributed by atoms with E-state index in [-0.39, 0.29) is 17.3 Å².